The van der Waals surface area contributed by atoms with Gasteiger partial charge in [0.1, 0.15) is 5.69 Å². The van der Waals surface area contributed by atoms with Gasteiger partial charge in [-0.2, -0.15) is 5.10 Å². The molecule has 4 saturated carbocycles. The van der Waals surface area contributed by atoms with Crippen molar-refractivity contribution in [3.8, 4) is 5.75 Å². The van der Waals surface area contributed by atoms with Crippen LogP contribution in [0.15, 0.2) is 6.20 Å². The van der Waals surface area contributed by atoms with E-state index in [0.717, 1.165) is 35.1 Å². The van der Waals surface area contributed by atoms with Crippen molar-refractivity contribution in [1.29, 1.82) is 0 Å². The van der Waals surface area contributed by atoms with Crippen LogP contribution in [-0.2, 0) is 6.54 Å². The molecular formula is C15H23N3O. The normalized spacial score (nSPS) is 39.8. The highest BCUT2D eigenvalue weighted by Crippen LogP contribution is 2.58. The van der Waals surface area contributed by atoms with E-state index < -0.39 is 0 Å². The Morgan fingerprint density at radius 2 is 1.84 bits per heavy atom. The molecule has 4 heteroatoms. The Kier molecular flexibility index (Phi) is 2.62. The van der Waals surface area contributed by atoms with Gasteiger partial charge in [-0.3, -0.25) is 4.68 Å². The average molecular weight is 261 g/mol. The molecule has 0 aromatic carbocycles. The minimum Gasteiger partial charge on any atom is -0.493 e. The number of nitrogens with two attached hydrogens (primary N) is 1. The van der Waals surface area contributed by atoms with Crippen LogP contribution in [-0.4, -0.2) is 16.9 Å². The molecule has 0 amide bonds. The van der Waals surface area contributed by atoms with E-state index in [9.17, 15) is 0 Å². The molecule has 0 spiro atoms. The predicted octanol–water partition coefficient (Wildman–Crippen LogP) is 2.35. The second-order valence-electron chi connectivity index (χ2n) is 6.75. The Hall–Kier alpha value is -1.03. The Morgan fingerprint density at radius 1 is 1.21 bits per heavy atom. The summed E-state index contributed by atoms with van der Waals surface area (Å²) in [6, 6.07) is 0.599. The first-order valence-electron chi connectivity index (χ1n) is 7.60. The molecule has 2 N–H and O–H groups in total. The van der Waals surface area contributed by atoms with Gasteiger partial charge in [-0.05, 0) is 55.8 Å². The van der Waals surface area contributed by atoms with Gasteiger partial charge in [-0.25, -0.2) is 0 Å². The van der Waals surface area contributed by atoms with Crippen molar-refractivity contribution in [2.45, 2.75) is 44.7 Å². The molecule has 0 unspecified atom stereocenters. The molecule has 0 radical (unpaired) electrons. The van der Waals surface area contributed by atoms with Crippen molar-refractivity contribution in [2.75, 3.05) is 7.11 Å². The van der Waals surface area contributed by atoms with Gasteiger partial charge in [0.15, 0.2) is 5.75 Å². The highest BCUT2D eigenvalue weighted by molar-refractivity contribution is 5.25. The maximum absolute atomic E-state index is 5.76. The van der Waals surface area contributed by atoms with Gasteiger partial charge < -0.3 is 10.5 Å². The fraction of sp³-hybridized carbons (Fsp3) is 0.800. The maximum atomic E-state index is 5.76. The van der Waals surface area contributed by atoms with Gasteiger partial charge in [-0.15, -0.1) is 0 Å². The Labute approximate surface area is 114 Å². The standard InChI is InChI=1S/C15H23N3O/c1-19-14-8-18(17-13(14)7-16)15-11-3-9-2-10(5-11)6-12(15)4-9/h8-12,15H,2-7,16H2,1H3. The van der Waals surface area contributed by atoms with Gasteiger partial charge in [0.05, 0.1) is 19.3 Å². The Morgan fingerprint density at radius 3 is 2.32 bits per heavy atom. The smallest absolute Gasteiger partial charge is 0.161 e. The lowest BCUT2D eigenvalue weighted by molar-refractivity contribution is -0.0338. The van der Waals surface area contributed by atoms with Crippen molar-refractivity contribution >= 4 is 0 Å². The molecule has 4 aliphatic carbocycles. The lowest BCUT2D eigenvalue weighted by Crippen LogP contribution is -2.46. The lowest BCUT2D eigenvalue weighted by atomic mass is 9.54. The first-order chi connectivity index (χ1) is 9.28. The van der Waals surface area contributed by atoms with E-state index >= 15 is 0 Å². The van der Waals surface area contributed by atoms with Crippen LogP contribution in [0.2, 0.25) is 0 Å². The fourth-order valence-electron chi connectivity index (χ4n) is 5.21. The van der Waals surface area contributed by atoms with E-state index in [1.54, 1.807) is 7.11 Å². The summed E-state index contributed by atoms with van der Waals surface area (Å²) in [4.78, 5) is 0. The molecule has 0 atom stereocenters. The molecule has 4 aliphatic rings. The summed E-state index contributed by atoms with van der Waals surface area (Å²) in [5.41, 5.74) is 6.66. The van der Waals surface area contributed by atoms with Crippen LogP contribution in [0.5, 0.6) is 5.75 Å². The van der Waals surface area contributed by atoms with Gasteiger partial charge in [-0.1, -0.05) is 0 Å². The van der Waals surface area contributed by atoms with E-state index in [-0.39, 0.29) is 0 Å². The summed E-state index contributed by atoms with van der Waals surface area (Å²) in [6.45, 7) is 0.462. The zero-order chi connectivity index (χ0) is 13.0. The van der Waals surface area contributed by atoms with E-state index in [4.69, 9.17) is 15.6 Å². The lowest BCUT2D eigenvalue weighted by Gasteiger charge is -2.54. The number of aromatic nitrogens is 2. The summed E-state index contributed by atoms with van der Waals surface area (Å²) in [6.07, 6.45) is 9.23. The molecule has 1 aromatic rings. The molecule has 0 saturated heterocycles. The van der Waals surface area contributed by atoms with Crippen LogP contribution in [0.3, 0.4) is 0 Å². The third-order valence-electron chi connectivity index (χ3n) is 5.67. The zero-order valence-corrected chi connectivity index (χ0v) is 11.6. The number of nitrogens with zero attached hydrogens (tertiary/aromatic N) is 2. The van der Waals surface area contributed by atoms with Crippen LogP contribution >= 0.6 is 0 Å². The molecule has 0 aliphatic heterocycles. The van der Waals surface area contributed by atoms with E-state index in [1.807, 2.05) is 0 Å². The van der Waals surface area contributed by atoms with Gasteiger partial charge in [0, 0.05) is 6.54 Å². The van der Waals surface area contributed by atoms with Crippen molar-refractivity contribution in [3.05, 3.63) is 11.9 Å². The third kappa shape index (κ3) is 1.72. The van der Waals surface area contributed by atoms with Crippen LogP contribution in [0.4, 0.5) is 0 Å². The highest BCUT2D eigenvalue weighted by atomic mass is 16.5. The van der Waals surface area contributed by atoms with Crippen LogP contribution in [0.25, 0.3) is 0 Å². The van der Waals surface area contributed by atoms with E-state index in [0.29, 0.717) is 12.6 Å². The molecule has 104 valence electrons. The minimum atomic E-state index is 0.462. The monoisotopic (exact) mass is 261 g/mol. The second kappa shape index (κ2) is 4.23. The van der Waals surface area contributed by atoms with Gasteiger partial charge in [0.25, 0.3) is 0 Å². The quantitative estimate of drug-likeness (QED) is 0.908. The largest absolute Gasteiger partial charge is 0.493 e. The number of hydrogen-bond acceptors (Lipinski definition) is 3. The zero-order valence-electron chi connectivity index (χ0n) is 11.6. The van der Waals surface area contributed by atoms with Crippen molar-refractivity contribution in [3.63, 3.8) is 0 Å². The summed E-state index contributed by atoms with van der Waals surface area (Å²) in [5, 5.41) is 4.71. The molecular weight excluding hydrogens is 238 g/mol. The molecule has 19 heavy (non-hydrogen) atoms. The third-order valence-corrected chi connectivity index (χ3v) is 5.67. The van der Waals surface area contributed by atoms with Crippen LogP contribution < -0.4 is 10.5 Å². The number of rotatable bonds is 3. The molecule has 4 bridgehead atoms. The van der Waals surface area contributed by atoms with E-state index in [2.05, 4.69) is 10.9 Å². The SMILES string of the molecule is COc1cn(C2C3CC4CC(C3)CC2C4)nc1CN. The summed E-state index contributed by atoms with van der Waals surface area (Å²) < 4.78 is 7.59. The van der Waals surface area contributed by atoms with Crippen LogP contribution in [0, 0.1) is 23.7 Å². The van der Waals surface area contributed by atoms with Gasteiger partial charge >= 0.3 is 0 Å². The predicted molar refractivity (Wildman–Crippen MR) is 72.8 cm³/mol. The summed E-state index contributed by atoms with van der Waals surface area (Å²) in [5.74, 6) is 4.55. The van der Waals surface area contributed by atoms with Gasteiger partial charge in [0.2, 0.25) is 0 Å². The fourth-order valence-corrected chi connectivity index (χ4v) is 5.21. The topological polar surface area (TPSA) is 53.1 Å². The number of hydrogen-bond donors (Lipinski definition) is 1. The molecule has 1 aromatic heterocycles. The first-order valence-corrected chi connectivity index (χ1v) is 7.60. The number of methoxy groups -OCH3 is 1. The Balaban J connectivity index is 1.67. The average Bonchev–Trinajstić information content (AvgIpc) is 2.80. The van der Waals surface area contributed by atoms with Crippen molar-refractivity contribution in [1.82, 2.24) is 9.78 Å². The van der Waals surface area contributed by atoms with Crippen molar-refractivity contribution < 1.29 is 4.74 Å². The molecule has 5 rings (SSSR count). The maximum Gasteiger partial charge on any atom is 0.161 e. The van der Waals surface area contributed by atoms with Crippen LogP contribution in [0.1, 0.15) is 43.8 Å². The first kappa shape index (κ1) is 11.8. The van der Waals surface area contributed by atoms with E-state index in [1.165, 1.54) is 32.1 Å². The number of ether oxygens (including phenoxy) is 1. The second-order valence-corrected chi connectivity index (χ2v) is 6.75. The molecule has 4 nitrogen and oxygen atoms in total. The Bertz CT molecular complexity index is 432. The molecule has 4 fully saturated rings. The summed E-state index contributed by atoms with van der Waals surface area (Å²) >= 11 is 0. The summed E-state index contributed by atoms with van der Waals surface area (Å²) in [7, 11) is 1.71. The van der Waals surface area contributed by atoms with Crippen molar-refractivity contribution in [2.24, 2.45) is 29.4 Å². The molecule has 1 heterocycles. The highest BCUT2D eigenvalue weighted by Gasteiger charge is 2.49. The minimum absolute atomic E-state index is 0.462.